The summed E-state index contributed by atoms with van der Waals surface area (Å²) < 4.78 is 0. The van der Waals surface area contributed by atoms with Gasteiger partial charge in [-0.15, -0.1) is 0 Å². The standard InChI is InChI=1S/C30H40N8O3/c1-3-4-21-17-38(30(41)33-19(21)2)23-9-13-36(14-10-23)29(40)34-27-15-20-5-6-26-24(16-32-35-26)25(20)18-37(28(27)39)22-7-11-31-12-8-22/h3-6,16,22-23,27,31H,7-15,17-18H2,1-2H3,(H,32,35)(H,33,41)(H,34,40)/b4-3-/t27-/m1/s1. The van der Waals surface area contributed by atoms with Crippen LogP contribution < -0.4 is 16.0 Å². The molecule has 4 aliphatic rings. The lowest BCUT2D eigenvalue weighted by atomic mass is 9.98. The maximum Gasteiger partial charge on any atom is 0.322 e. The number of carbonyl (C=O) groups excluding carboxylic acids is 3. The lowest BCUT2D eigenvalue weighted by Crippen LogP contribution is -2.58. The Morgan fingerprint density at radius 3 is 2.56 bits per heavy atom. The minimum absolute atomic E-state index is 0.0170. The fraction of sp³-hybridized carbons (Fsp3) is 0.533. The summed E-state index contributed by atoms with van der Waals surface area (Å²) in [5.41, 5.74) is 5.14. The molecule has 11 heteroatoms. The van der Waals surface area contributed by atoms with Gasteiger partial charge in [0.2, 0.25) is 5.91 Å². The molecule has 41 heavy (non-hydrogen) atoms. The van der Waals surface area contributed by atoms with Crippen LogP contribution in [-0.2, 0) is 17.8 Å². The van der Waals surface area contributed by atoms with Crippen molar-refractivity contribution in [3.63, 3.8) is 0 Å². The second-order valence-electron chi connectivity index (χ2n) is 11.6. The van der Waals surface area contributed by atoms with Gasteiger partial charge in [0.1, 0.15) is 6.04 Å². The minimum atomic E-state index is -0.634. The van der Waals surface area contributed by atoms with E-state index in [1.165, 1.54) is 0 Å². The number of H-pyrrole nitrogens is 1. The summed E-state index contributed by atoms with van der Waals surface area (Å²) in [5, 5.41) is 17.8. The fourth-order valence-corrected chi connectivity index (χ4v) is 6.78. The van der Waals surface area contributed by atoms with Crippen molar-refractivity contribution in [3.8, 4) is 0 Å². The number of amides is 5. The number of nitrogens with zero attached hydrogens (tertiary/aromatic N) is 4. The van der Waals surface area contributed by atoms with Crippen LogP contribution in [0.25, 0.3) is 10.9 Å². The van der Waals surface area contributed by atoms with Gasteiger partial charge < -0.3 is 30.7 Å². The van der Waals surface area contributed by atoms with Crippen LogP contribution in [0.2, 0.25) is 0 Å². The van der Waals surface area contributed by atoms with E-state index in [0.717, 1.165) is 59.2 Å². The summed E-state index contributed by atoms with van der Waals surface area (Å²) in [6.45, 7) is 7.82. The van der Waals surface area contributed by atoms with E-state index in [4.69, 9.17) is 0 Å². The Labute approximate surface area is 240 Å². The van der Waals surface area contributed by atoms with Crippen LogP contribution in [0.4, 0.5) is 9.59 Å². The third-order valence-corrected chi connectivity index (χ3v) is 9.15. The highest BCUT2D eigenvalue weighted by molar-refractivity contribution is 5.90. The van der Waals surface area contributed by atoms with Gasteiger partial charge in [0.15, 0.2) is 0 Å². The average molecular weight is 561 g/mol. The molecule has 1 aromatic heterocycles. The van der Waals surface area contributed by atoms with Gasteiger partial charge in [-0.1, -0.05) is 18.2 Å². The van der Waals surface area contributed by atoms with Gasteiger partial charge in [0.25, 0.3) is 0 Å². The first kappa shape index (κ1) is 27.3. The number of aromatic amines is 1. The molecule has 11 nitrogen and oxygen atoms in total. The lowest BCUT2D eigenvalue weighted by Gasteiger charge is -2.41. The maximum atomic E-state index is 14.0. The summed E-state index contributed by atoms with van der Waals surface area (Å²) >= 11 is 0. The Morgan fingerprint density at radius 1 is 1.05 bits per heavy atom. The quantitative estimate of drug-likeness (QED) is 0.458. The molecule has 0 aliphatic carbocycles. The largest absolute Gasteiger partial charge is 0.333 e. The van der Waals surface area contributed by atoms with E-state index in [-0.39, 0.29) is 30.1 Å². The van der Waals surface area contributed by atoms with E-state index >= 15 is 0 Å². The van der Waals surface area contributed by atoms with Crippen molar-refractivity contribution < 1.29 is 14.4 Å². The van der Waals surface area contributed by atoms with Gasteiger partial charge >= 0.3 is 12.1 Å². The summed E-state index contributed by atoms with van der Waals surface area (Å²) in [5.74, 6) is -0.0170. The van der Waals surface area contributed by atoms with E-state index in [1.807, 2.05) is 48.1 Å². The van der Waals surface area contributed by atoms with Crippen LogP contribution in [0.3, 0.4) is 0 Å². The Kier molecular flexibility index (Phi) is 7.70. The van der Waals surface area contributed by atoms with Crippen LogP contribution >= 0.6 is 0 Å². The number of hydrogen-bond donors (Lipinski definition) is 4. The molecule has 0 saturated carbocycles. The zero-order valence-electron chi connectivity index (χ0n) is 23.9. The monoisotopic (exact) mass is 560 g/mol. The molecule has 2 aromatic rings. The molecule has 0 unspecified atom stereocenters. The number of likely N-dealkylation sites (tertiary alicyclic amines) is 1. The molecule has 0 spiro atoms. The first-order chi connectivity index (χ1) is 19.9. The highest BCUT2D eigenvalue weighted by Crippen LogP contribution is 2.30. The van der Waals surface area contributed by atoms with Crippen LogP contribution in [-0.4, -0.2) is 93.7 Å². The topological polar surface area (TPSA) is 126 Å². The highest BCUT2D eigenvalue weighted by atomic mass is 16.2. The van der Waals surface area contributed by atoms with Crippen molar-refractivity contribution in [2.75, 3.05) is 32.7 Å². The third-order valence-electron chi connectivity index (χ3n) is 9.15. The molecule has 218 valence electrons. The summed E-state index contributed by atoms with van der Waals surface area (Å²) in [6.07, 6.45) is 9.50. The number of fused-ring (bicyclic) bond motifs is 3. The van der Waals surface area contributed by atoms with Crippen LogP contribution in [0.15, 0.2) is 41.8 Å². The van der Waals surface area contributed by atoms with Crippen molar-refractivity contribution in [3.05, 3.63) is 52.9 Å². The molecule has 5 heterocycles. The van der Waals surface area contributed by atoms with Crippen LogP contribution in [0, 0.1) is 0 Å². The van der Waals surface area contributed by atoms with E-state index < -0.39 is 6.04 Å². The SMILES string of the molecule is C/C=C\C1=C(C)NC(=O)N(C2CCN(C(=O)N[C@@H]3Cc4ccc5[nH]ncc5c4CN(C4CCNCC4)C3=O)CC2)C1. The molecule has 2 saturated heterocycles. The lowest BCUT2D eigenvalue weighted by molar-refractivity contribution is -0.136. The van der Waals surface area contributed by atoms with E-state index in [9.17, 15) is 14.4 Å². The molecule has 1 atom stereocenters. The van der Waals surface area contributed by atoms with Gasteiger partial charge in [0, 0.05) is 55.8 Å². The Hall–Kier alpha value is -3.86. The molecule has 5 amide bonds. The molecule has 0 bridgehead atoms. The van der Waals surface area contributed by atoms with Gasteiger partial charge in [-0.3, -0.25) is 9.89 Å². The fourth-order valence-electron chi connectivity index (χ4n) is 6.78. The number of rotatable bonds is 4. The summed E-state index contributed by atoms with van der Waals surface area (Å²) in [6, 6.07) is 3.33. The zero-order valence-corrected chi connectivity index (χ0v) is 23.9. The molecular weight excluding hydrogens is 520 g/mol. The number of carbonyl (C=O) groups is 3. The van der Waals surface area contributed by atoms with E-state index in [1.54, 1.807) is 4.90 Å². The first-order valence-electron chi connectivity index (χ1n) is 14.8. The molecule has 2 fully saturated rings. The highest BCUT2D eigenvalue weighted by Gasteiger charge is 2.38. The van der Waals surface area contributed by atoms with Crippen molar-refractivity contribution in [2.45, 2.75) is 70.6 Å². The number of piperidine rings is 2. The molecular formula is C30H40N8O3. The second kappa shape index (κ2) is 11.6. The smallest absolute Gasteiger partial charge is 0.322 e. The van der Waals surface area contributed by atoms with Crippen LogP contribution in [0.5, 0.6) is 0 Å². The Morgan fingerprint density at radius 2 is 1.80 bits per heavy atom. The summed E-state index contributed by atoms with van der Waals surface area (Å²) in [4.78, 5) is 45.9. The van der Waals surface area contributed by atoms with Crippen molar-refractivity contribution in [1.82, 2.24) is 40.8 Å². The minimum Gasteiger partial charge on any atom is -0.333 e. The second-order valence-corrected chi connectivity index (χ2v) is 11.6. The first-order valence-corrected chi connectivity index (χ1v) is 14.8. The van der Waals surface area contributed by atoms with Crippen molar-refractivity contribution >= 4 is 28.9 Å². The van der Waals surface area contributed by atoms with E-state index in [2.05, 4.69) is 32.2 Å². The third kappa shape index (κ3) is 5.42. The number of urea groups is 2. The predicted octanol–water partition coefficient (Wildman–Crippen LogP) is 2.62. The van der Waals surface area contributed by atoms with Gasteiger partial charge in [-0.05, 0) is 75.4 Å². The van der Waals surface area contributed by atoms with Crippen LogP contribution in [0.1, 0.15) is 50.7 Å². The molecule has 6 rings (SSSR count). The number of benzene rings is 1. The number of nitrogens with one attached hydrogen (secondary N) is 4. The van der Waals surface area contributed by atoms with Crippen molar-refractivity contribution in [1.29, 1.82) is 0 Å². The maximum absolute atomic E-state index is 14.0. The van der Waals surface area contributed by atoms with E-state index in [0.29, 0.717) is 45.4 Å². The van der Waals surface area contributed by atoms with Crippen molar-refractivity contribution in [2.24, 2.45) is 0 Å². The van der Waals surface area contributed by atoms with Gasteiger partial charge in [-0.25, -0.2) is 9.59 Å². The average Bonchev–Trinajstić information content (AvgIpc) is 3.42. The van der Waals surface area contributed by atoms with Gasteiger partial charge in [-0.2, -0.15) is 5.10 Å². The van der Waals surface area contributed by atoms with Gasteiger partial charge in [0.05, 0.1) is 11.7 Å². The molecule has 0 radical (unpaired) electrons. The predicted molar refractivity (Wildman–Crippen MR) is 156 cm³/mol. The zero-order chi connectivity index (χ0) is 28.5. The molecule has 4 aliphatic heterocycles. The molecule has 1 aromatic carbocycles. The normalized spacial score (nSPS) is 23.3. The number of aromatic nitrogens is 2. The number of allylic oxidation sites excluding steroid dienone is 2. The Bertz CT molecular complexity index is 1380. The summed E-state index contributed by atoms with van der Waals surface area (Å²) in [7, 11) is 0. The number of hydrogen-bond acceptors (Lipinski definition) is 5. The Balaban J connectivity index is 1.15. The molecule has 4 N–H and O–H groups in total.